The third-order valence-corrected chi connectivity index (χ3v) is 2.69. The Hall–Kier alpha value is -0.630. The number of rotatable bonds is 0. The summed E-state index contributed by atoms with van der Waals surface area (Å²) in [7, 11) is 0. The van der Waals surface area contributed by atoms with Crippen molar-refractivity contribution in [1.29, 1.82) is 0 Å². The number of hydrogen-bond donors (Lipinski definition) is 0. The summed E-state index contributed by atoms with van der Waals surface area (Å²) in [4.78, 5) is 11.5. The highest BCUT2D eigenvalue weighted by molar-refractivity contribution is 5.85. The van der Waals surface area contributed by atoms with Gasteiger partial charge < -0.3 is 4.74 Å². The Labute approximate surface area is 66.2 Å². The quantitative estimate of drug-likeness (QED) is 0.487. The number of ether oxygens (including phenoxy) is 1. The lowest BCUT2D eigenvalue weighted by Crippen LogP contribution is -2.40. The summed E-state index contributed by atoms with van der Waals surface area (Å²) in [5.74, 6) is 0.455. The first-order chi connectivity index (χ1) is 5.20. The van der Waals surface area contributed by atoms with Crippen molar-refractivity contribution >= 4 is 5.78 Å². The zero-order chi connectivity index (χ0) is 8.01. The highest BCUT2D eigenvalue weighted by atomic mass is 16.5. The summed E-state index contributed by atoms with van der Waals surface area (Å²) in [5.41, 5.74) is 0. The van der Waals surface area contributed by atoms with E-state index in [4.69, 9.17) is 4.74 Å². The maximum absolute atomic E-state index is 11.5. The van der Waals surface area contributed by atoms with Gasteiger partial charge >= 0.3 is 0 Å². The molecule has 2 aliphatic heterocycles. The van der Waals surface area contributed by atoms with E-state index in [-0.39, 0.29) is 24.0 Å². The SMILES string of the molecule is CC1C(=O)[C@@H](C)[C@H]2C=C[C@@H]1O2. The van der Waals surface area contributed by atoms with Gasteiger partial charge in [-0.2, -0.15) is 0 Å². The first-order valence-corrected chi connectivity index (χ1v) is 4.07. The summed E-state index contributed by atoms with van der Waals surface area (Å²) in [6.07, 6.45) is 4.14. The topological polar surface area (TPSA) is 26.3 Å². The normalized spacial score (nSPS) is 48.4. The highest BCUT2D eigenvalue weighted by Gasteiger charge is 2.41. The number of hydrogen-bond acceptors (Lipinski definition) is 2. The third-order valence-electron chi connectivity index (χ3n) is 2.69. The second kappa shape index (κ2) is 2.18. The van der Waals surface area contributed by atoms with E-state index in [2.05, 4.69) is 0 Å². The van der Waals surface area contributed by atoms with Crippen molar-refractivity contribution in [3.8, 4) is 0 Å². The number of carbonyl (C=O) groups excluding carboxylic acids is 1. The van der Waals surface area contributed by atoms with Crippen LogP contribution < -0.4 is 0 Å². The molecule has 4 atom stereocenters. The van der Waals surface area contributed by atoms with Crippen LogP contribution in [0.25, 0.3) is 0 Å². The molecular weight excluding hydrogens is 140 g/mol. The van der Waals surface area contributed by atoms with Crippen LogP contribution in [0.3, 0.4) is 0 Å². The van der Waals surface area contributed by atoms with E-state index in [0.29, 0.717) is 5.78 Å². The summed E-state index contributed by atoms with van der Waals surface area (Å²) < 4.78 is 5.56. The van der Waals surface area contributed by atoms with Gasteiger partial charge in [-0.25, -0.2) is 0 Å². The Kier molecular flexibility index (Phi) is 1.39. The fraction of sp³-hybridized carbons (Fsp3) is 0.667. The van der Waals surface area contributed by atoms with Crippen molar-refractivity contribution in [3.63, 3.8) is 0 Å². The molecule has 0 spiro atoms. The Morgan fingerprint density at radius 2 is 1.64 bits per heavy atom. The molecule has 0 saturated carbocycles. The second-order valence-electron chi connectivity index (χ2n) is 3.43. The minimum Gasteiger partial charge on any atom is -0.365 e. The van der Waals surface area contributed by atoms with Crippen LogP contribution in [0, 0.1) is 11.8 Å². The largest absolute Gasteiger partial charge is 0.365 e. The molecule has 0 radical (unpaired) electrons. The molecule has 0 aromatic rings. The molecule has 0 amide bonds. The summed E-state index contributed by atoms with van der Waals surface area (Å²) in [6.45, 7) is 3.88. The van der Waals surface area contributed by atoms with Gasteiger partial charge in [0.05, 0.1) is 12.2 Å². The van der Waals surface area contributed by atoms with E-state index in [1.54, 1.807) is 0 Å². The van der Waals surface area contributed by atoms with E-state index >= 15 is 0 Å². The van der Waals surface area contributed by atoms with E-state index in [1.807, 2.05) is 26.0 Å². The van der Waals surface area contributed by atoms with Crippen LogP contribution in [0.2, 0.25) is 0 Å². The molecular formula is C9H12O2. The molecule has 0 N–H and O–H groups in total. The average molecular weight is 152 g/mol. The lowest BCUT2D eigenvalue weighted by Gasteiger charge is -2.30. The molecule has 0 aliphatic carbocycles. The van der Waals surface area contributed by atoms with Crippen molar-refractivity contribution in [2.75, 3.05) is 0 Å². The molecule has 0 aromatic carbocycles. The summed E-state index contributed by atoms with van der Waals surface area (Å²) in [5, 5.41) is 0. The van der Waals surface area contributed by atoms with E-state index in [0.717, 1.165) is 0 Å². The fourth-order valence-corrected chi connectivity index (χ4v) is 1.80. The van der Waals surface area contributed by atoms with Gasteiger partial charge in [0.25, 0.3) is 0 Å². The smallest absolute Gasteiger partial charge is 0.144 e. The maximum atomic E-state index is 11.5. The first kappa shape index (κ1) is 7.04. The van der Waals surface area contributed by atoms with Crippen LogP contribution in [0.4, 0.5) is 0 Å². The van der Waals surface area contributed by atoms with Crippen molar-refractivity contribution in [2.24, 2.45) is 11.8 Å². The van der Waals surface area contributed by atoms with Gasteiger partial charge in [-0.05, 0) is 0 Å². The van der Waals surface area contributed by atoms with Gasteiger partial charge in [0.15, 0.2) is 0 Å². The molecule has 1 unspecified atom stereocenters. The molecule has 2 aliphatic rings. The number of Topliss-reactive ketones (excluding diaryl/α,β-unsaturated/α-hetero) is 1. The van der Waals surface area contributed by atoms with Crippen LogP contribution in [0.5, 0.6) is 0 Å². The van der Waals surface area contributed by atoms with Crippen molar-refractivity contribution in [2.45, 2.75) is 26.1 Å². The monoisotopic (exact) mass is 152 g/mol. The Balaban J connectivity index is 2.29. The molecule has 2 heterocycles. The van der Waals surface area contributed by atoms with Gasteiger partial charge in [-0.1, -0.05) is 26.0 Å². The molecule has 1 saturated heterocycles. The van der Waals surface area contributed by atoms with Crippen LogP contribution >= 0.6 is 0 Å². The lowest BCUT2D eigenvalue weighted by molar-refractivity contribution is -0.142. The molecule has 0 aromatic heterocycles. The fourth-order valence-electron chi connectivity index (χ4n) is 1.80. The van der Waals surface area contributed by atoms with E-state index in [1.165, 1.54) is 0 Å². The first-order valence-electron chi connectivity index (χ1n) is 4.07. The predicted octanol–water partition coefficient (Wildman–Crippen LogP) is 1.16. The number of ketones is 1. The van der Waals surface area contributed by atoms with Crippen molar-refractivity contribution < 1.29 is 9.53 Å². The zero-order valence-electron chi connectivity index (χ0n) is 6.78. The van der Waals surface area contributed by atoms with Gasteiger partial charge in [-0.15, -0.1) is 0 Å². The minimum atomic E-state index is 0.0556. The van der Waals surface area contributed by atoms with Crippen molar-refractivity contribution in [3.05, 3.63) is 12.2 Å². The lowest BCUT2D eigenvalue weighted by atomic mass is 9.88. The molecule has 2 nitrogen and oxygen atoms in total. The number of carbonyl (C=O) groups is 1. The van der Waals surface area contributed by atoms with Gasteiger partial charge in [0, 0.05) is 11.8 Å². The third kappa shape index (κ3) is 0.857. The summed E-state index contributed by atoms with van der Waals surface area (Å²) >= 11 is 0. The molecule has 1 fully saturated rings. The van der Waals surface area contributed by atoms with Gasteiger partial charge in [0.2, 0.25) is 0 Å². The zero-order valence-corrected chi connectivity index (χ0v) is 6.78. The Morgan fingerprint density at radius 1 is 1.18 bits per heavy atom. The summed E-state index contributed by atoms with van der Waals surface area (Å²) in [6, 6.07) is 0. The van der Waals surface area contributed by atoms with E-state index in [9.17, 15) is 4.79 Å². The molecule has 2 heteroatoms. The van der Waals surface area contributed by atoms with Crippen LogP contribution in [-0.4, -0.2) is 18.0 Å². The predicted molar refractivity (Wildman–Crippen MR) is 41.1 cm³/mol. The molecule has 60 valence electrons. The molecule has 2 bridgehead atoms. The minimum absolute atomic E-state index is 0.0556. The van der Waals surface area contributed by atoms with Crippen LogP contribution in [0.15, 0.2) is 12.2 Å². The number of fused-ring (bicyclic) bond motifs is 2. The second-order valence-corrected chi connectivity index (χ2v) is 3.43. The highest BCUT2D eigenvalue weighted by Crippen LogP contribution is 2.32. The Bertz CT molecular complexity index is 200. The standard InChI is InChI=1S/C9H12O2/c1-5-7-3-4-8(11-7)6(2)9(5)10/h3-8H,1-2H3/t5-,6?,7+,8-/m0/s1. The maximum Gasteiger partial charge on any atom is 0.144 e. The van der Waals surface area contributed by atoms with Crippen LogP contribution in [-0.2, 0) is 9.53 Å². The van der Waals surface area contributed by atoms with Crippen LogP contribution in [0.1, 0.15) is 13.8 Å². The Morgan fingerprint density at radius 3 is 2.09 bits per heavy atom. The van der Waals surface area contributed by atoms with Crippen molar-refractivity contribution in [1.82, 2.24) is 0 Å². The average Bonchev–Trinajstić information content (AvgIpc) is 2.44. The molecule has 11 heavy (non-hydrogen) atoms. The molecule has 2 rings (SSSR count). The van der Waals surface area contributed by atoms with Gasteiger partial charge in [-0.3, -0.25) is 4.79 Å². The van der Waals surface area contributed by atoms with Gasteiger partial charge in [0.1, 0.15) is 5.78 Å². The van der Waals surface area contributed by atoms with E-state index < -0.39 is 0 Å².